The Kier molecular flexibility index (Phi) is 3.84. The molecule has 2 heterocycles. The number of nitrogens with zero attached hydrogens (tertiary/aromatic N) is 2. The molecule has 2 aromatic rings. The molecule has 0 amide bonds. The van der Waals surface area contributed by atoms with Gasteiger partial charge in [0, 0.05) is 10.3 Å². The fourth-order valence-electron chi connectivity index (χ4n) is 1.97. The van der Waals surface area contributed by atoms with E-state index in [4.69, 9.17) is 0 Å². The first-order valence-corrected chi connectivity index (χ1v) is 7.64. The molecule has 0 radical (unpaired) electrons. The van der Waals surface area contributed by atoms with E-state index in [9.17, 15) is 0 Å². The molecule has 3 nitrogen and oxygen atoms in total. The van der Waals surface area contributed by atoms with Crippen molar-refractivity contribution in [3.05, 3.63) is 32.5 Å². The van der Waals surface area contributed by atoms with Crippen LogP contribution in [0.2, 0.25) is 0 Å². The second kappa shape index (κ2) is 5.07. The quantitative estimate of drug-likeness (QED) is 0.935. The van der Waals surface area contributed by atoms with Crippen LogP contribution in [0.1, 0.15) is 47.8 Å². The third kappa shape index (κ3) is 2.63. The smallest absolute Gasteiger partial charge is 0.0860 e. The zero-order valence-electron chi connectivity index (χ0n) is 11.4. The number of thiophene rings is 1. The van der Waals surface area contributed by atoms with Crippen molar-refractivity contribution >= 4 is 22.9 Å². The lowest BCUT2D eigenvalue weighted by Gasteiger charge is -2.21. The Balaban J connectivity index is 2.43. The van der Waals surface area contributed by atoms with Crippen molar-refractivity contribution in [1.29, 1.82) is 0 Å². The lowest BCUT2D eigenvalue weighted by Crippen LogP contribution is -2.22. The third-order valence-corrected chi connectivity index (χ3v) is 4.53. The summed E-state index contributed by atoms with van der Waals surface area (Å²) in [6.45, 7) is 8.67. The fourth-order valence-corrected chi connectivity index (χ4v) is 3.70. The average molecular weight is 281 g/mol. The molecule has 0 fully saturated rings. The molecule has 1 N–H and O–H groups in total. The first kappa shape index (κ1) is 13.6. The number of hydrogen-bond acceptors (Lipinski definition) is 5. The normalized spacial score (nSPS) is 13.8. The second-order valence-corrected chi connectivity index (χ2v) is 7.35. The summed E-state index contributed by atoms with van der Waals surface area (Å²) >= 11 is 3.28. The van der Waals surface area contributed by atoms with E-state index in [1.165, 1.54) is 26.9 Å². The van der Waals surface area contributed by atoms with Gasteiger partial charge in [0.15, 0.2) is 0 Å². The van der Waals surface area contributed by atoms with Gasteiger partial charge >= 0.3 is 0 Å². The highest BCUT2D eigenvalue weighted by atomic mass is 32.1. The zero-order chi connectivity index (χ0) is 13.3. The van der Waals surface area contributed by atoms with E-state index in [1.807, 2.05) is 7.05 Å². The van der Waals surface area contributed by atoms with Gasteiger partial charge in [-0.2, -0.15) is 0 Å². The minimum absolute atomic E-state index is 0.0303. The van der Waals surface area contributed by atoms with E-state index in [0.29, 0.717) is 0 Å². The SMILES string of the molecule is CNC(c1csc(C)c1)c1snnc1C(C)(C)C. The summed E-state index contributed by atoms with van der Waals surface area (Å²) in [5.41, 5.74) is 2.43. The number of aromatic nitrogens is 2. The van der Waals surface area contributed by atoms with Crippen molar-refractivity contribution in [3.63, 3.8) is 0 Å². The first-order chi connectivity index (χ1) is 8.43. The van der Waals surface area contributed by atoms with E-state index in [-0.39, 0.29) is 11.5 Å². The Morgan fingerprint density at radius 3 is 2.56 bits per heavy atom. The second-order valence-electron chi connectivity index (χ2n) is 5.45. The summed E-state index contributed by atoms with van der Waals surface area (Å²) < 4.78 is 4.14. The van der Waals surface area contributed by atoms with Gasteiger partial charge in [-0.1, -0.05) is 25.3 Å². The minimum Gasteiger partial charge on any atom is -0.309 e. The molecule has 1 unspecified atom stereocenters. The van der Waals surface area contributed by atoms with Crippen molar-refractivity contribution in [2.45, 2.75) is 39.2 Å². The minimum atomic E-state index is 0.0303. The van der Waals surface area contributed by atoms with Crippen LogP contribution in [0.3, 0.4) is 0 Å². The molecule has 98 valence electrons. The summed E-state index contributed by atoms with van der Waals surface area (Å²) in [5.74, 6) is 0. The monoisotopic (exact) mass is 281 g/mol. The van der Waals surface area contributed by atoms with Gasteiger partial charge in [-0.3, -0.25) is 0 Å². The molecule has 18 heavy (non-hydrogen) atoms. The van der Waals surface area contributed by atoms with E-state index in [2.05, 4.69) is 54.0 Å². The molecule has 0 bridgehead atoms. The molecular formula is C13H19N3S2. The topological polar surface area (TPSA) is 37.8 Å². The lowest BCUT2D eigenvalue weighted by molar-refractivity contribution is 0.549. The highest BCUT2D eigenvalue weighted by Crippen LogP contribution is 2.34. The molecule has 0 aromatic carbocycles. The van der Waals surface area contributed by atoms with Crippen LogP contribution in [0.5, 0.6) is 0 Å². The summed E-state index contributed by atoms with van der Waals surface area (Å²) in [5, 5.41) is 9.92. The van der Waals surface area contributed by atoms with Crippen molar-refractivity contribution in [2.24, 2.45) is 0 Å². The van der Waals surface area contributed by atoms with Gasteiger partial charge in [0.1, 0.15) is 0 Å². The van der Waals surface area contributed by atoms with Gasteiger partial charge in [0.25, 0.3) is 0 Å². The summed E-state index contributed by atoms with van der Waals surface area (Å²) in [6, 6.07) is 2.43. The van der Waals surface area contributed by atoms with Gasteiger partial charge in [-0.25, -0.2) is 0 Å². The van der Waals surface area contributed by atoms with Crippen LogP contribution in [0.4, 0.5) is 0 Å². The van der Waals surface area contributed by atoms with Crippen LogP contribution >= 0.6 is 22.9 Å². The molecule has 1 atom stereocenters. The highest BCUT2D eigenvalue weighted by molar-refractivity contribution is 7.10. The molecular weight excluding hydrogens is 262 g/mol. The number of nitrogens with one attached hydrogen (secondary N) is 1. The van der Waals surface area contributed by atoms with Gasteiger partial charge < -0.3 is 5.32 Å². The molecule has 2 rings (SSSR count). The molecule has 0 aliphatic heterocycles. The maximum atomic E-state index is 4.32. The third-order valence-electron chi connectivity index (χ3n) is 2.86. The summed E-state index contributed by atoms with van der Waals surface area (Å²) in [6.07, 6.45) is 0. The Bertz CT molecular complexity index is 522. The standard InChI is InChI=1S/C13H19N3S2/c1-8-6-9(7-17-8)10(14-5)11-12(13(2,3)4)15-16-18-11/h6-7,10,14H,1-5H3. The van der Waals surface area contributed by atoms with Crippen molar-refractivity contribution in [1.82, 2.24) is 14.9 Å². The average Bonchev–Trinajstić information content (AvgIpc) is 2.88. The lowest BCUT2D eigenvalue weighted by atomic mass is 9.89. The van der Waals surface area contributed by atoms with Crippen molar-refractivity contribution < 1.29 is 0 Å². The number of aryl methyl sites for hydroxylation is 1. The van der Waals surface area contributed by atoms with Crippen LogP contribution < -0.4 is 5.32 Å². The Labute approximate surface area is 116 Å². The van der Waals surface area contributed by atoms with Crippen LogP contribution in [-0.2, 0) is 5.41 Å². The van der Waals surface area contributed by atoms with Gasteiger partial charge in [-0.15, -0.1) is 16.4 Å². The fraction of sp³-hybridized carbons (Fsp3) is 0.538. The maximum absolute atomic E-state index is 4.32. The Morgan fingerprint density at radius 2 is 2.06 bits per heavy atom. The molecule has 2 aromatic heterocycles. The van der Waals surface area contributed by atoms with Crippen molar-refractivity contribution in [3.8, 4) is 0 Å². The maximum Gasteiger partial charge on any atom is 0.0860 e. The molecule has 5 heteroatoms. The van der Waals surface area contributed by atoms with Crippen molar-refractivity contribution in [2.75, 3.05) is 7.05 Å². The van der Waals surface area contributed by atoms with Gasteiger partial charge in [0.2, 0.25) is 0 Å². The van der Waals surface area contributed by atoms with Crippen LogP contribution in [0.15, 0.2) is 11.4 Å². The molecule has 0 aliphatic rings. The van der Waals surface area contributed by atoms with Crippen LogP contribution in [0, 0.1) is 6.92 Å². The van der Waals surface area contributed by atoms with Crippen LogP contribution in [0.25, 0.3) is 0 Å². The van der Waals surface area contributed by atoms with E-state index in [1.54, 1.807) is 11.3 Å². The van der Waals surface area contributed by atoms with Gasteiger partial charge in [0.05, 0.1) is 16.6 Å². The number of rotatable bonds is 3. The molecule has 0 saturated carbocycles. The number of hydrogen-bond donors (Lipinski definition) is 1. The summed E-state index contributed by atoms with van der Waals surface area (Å²) in [4.78, 5) is 2.56. The van der Waals surface area contributed by atoms with Gasteiger partial charge in [-0.05, 0) is 42.5 Å². The first-order valence-electron chi connectivity index (χ1n) is 5.98. The van der Waals surface area contributed by atoms with E-state index >= 15 is 0 Å². The highest BCUT2D eigenvalue weighted by Gasteiger charge is 2.27. The Morgan fingerprint density at radius 1 is 1.33 bits per heavy atom. The van der Waals surface area contributed by atoms with Crippen LogP contribution in [-0.4, -0.2) is 16.6 Å². The molecule has 0 spiro atoms. The molecule has 0 aliphatic carbocycles. The summed E-state index contributed by atoms with van der Waals surface area (Å²) in [7, 11) is 1.99. The van der Waals surface area contributed by atoms with E-state index in [0.717, 1.165) is 5.69 Å². The predicted molar refractivity (Wildman–Crippen MR) is 78.6 cm³/mol. The van der Waals surface area contributed by atoms with E-state index < -0.39 is 0 Å². The predicted octanol–water partition coefficient (Wildman–Crippen LogP) is 3.51. The zero-order valence-corrected chi connectivity index (χ0v) is 13.1. The Hall–Kier alpha value is -0.780. The molecule has 0 saturated heterocycles. The largest absolute Gasteiger partial charge is 0.309 e.